The van der Waals surface area contributed by atoms with E-state index in [1.54, 1.807) is 23.1 Å². The Balaban J connectivity index is 1.79. The second-order valence-electron chi connectivity index (χ2n) is 11.1. The van der Waals surface area contributed by atoms with Crippen LogP contribution in [0.2, 0.25) is 5.02 Å². The number of anilines is 1. The predicted molar refractivity (Wildman–Crippen MR) is 149 cm³/mol. The average Bonchev–Trinajstić information content (AvgIpc) is 3.40. The molecule has 3 fully saturated rings. The molecule has 0 aliphatic carbocycles. The normalized spacial score (nSPS) is 30.8. The summed E-state index contributed by atoms with van der Waals surface area (Å²) in [5.74, 6) is -2.96. The van der Waals surface area contributed by atoms with Gasteiger partial charge in [0.15, 0.2) is 0 Å². The van der Waals surface area contributed by atoms with Crippen molar-refractivity contribution in [1.29, 1.82) is 0 Å². The number of nitrogens with zero attached hydrogens (tertiary/aromatic N) is 2. The monoisotopic (exact) mass is 558 g/mol. The number of allylic oxidation sites excluding steroid dienone is 1. The van der Waals surface area contributed by atoms with Crippen LogP contribution in [0.4, 0.5) is 5.69 Å². The third-order valence-electron chi connectivity index (χ3n) is 8.69. The van der Waals surface area contributed by atoms with Crippen LogP contribution in [0.15, 0.2) is 43.5 Å². The van der Waals surface area contributed by atoms with Gasteiger partial charge in [-0.1, -0.05) is 42.8 Å². The van der Waals surface area contributed by atoms with Gasteiger partial charge in [-0.3, -0.25) is 14.4 Å². The molecular formula is C30H39ClN2O6. The Morgan fingerprint density at radius 1 is 1.31 bits per heavy atom. The zero-order chi connectivity index (χ0) is 28.5. The number of carbonyl (C=O) groups is 3. The summed E-state index contributed by atoms with van der Waals surface area (Å²) < 4.78 is 12.4. The van der Waals surface area contributed by atoms with Crippen LogP contribution in [0.5, 0.6) is 0 Å². The fraction of sp³-hybridized carbons (Fsp3) is 0.567. The van der Waals surface area contributed by atoms with Crippen LogP contribution >= 0.6 is 11.6 Å². The summed E-state index contributed by atoms with van der Waals surface area (Å²) in [6.07, 6.45) is 5.45. The molecule has 4 rings (SSSR count). The Morgan fingerprint density at radius 3 is 2.69 bits per heavy atom. The standard InChI is InChI=1S/C30H39ClN2O6/c1-6-8-9-17-38-28(37)23-22-26(35)33(15-11-16-34)25(30(22)18-20(4)29(23,5)39-30)27(36)32(14-7-2)24-19(3)12-10-13-21(24)31/h6-7,10,12-13,20,22-23,25,34H,1-2,8-9,11,14-18H2,3-5H3/t20?,22-,23+,25?,29-,30?/m0/s1. The average molecular weight is 559 g/mol. The summed E-state index contributed by atoms with van der Waals surface area (Å²) in [4.78, 5) is 45.2. The minimum Gasteiger partial charge on any atom is -0.465 e. The molecule has 6 atom stereocenters. The molecule has 0 aromatic heterocycles. The van der Waals surface area contributed by atoms with E-state index in [2.05, 4.69) is 13.2 Å². The molecule has 8 nitrogen and oxygen atoms in total. The Kier molecular flexibility index (Phi) is 8.59. The first-order chi connectivity index (χ1) is 18.6. The summed E-state index contributed by atoms with van der Waals surface area (Å²) in [7, 11) is 0. The summed E-state index contributed by atoms with van der Waals surface area (Å²) in [6.45, 7) is 13.7. The van der Waals surface area contributed by atoms with E-state index in [4.69, 9.17) is 21.1 Å². The Morgan fingerprint density at radius 2 is 2.05 bits per heavy atom. The van der Waals surface area contributed by atoms with Crippen molar-refractivity contribution in [3.05, 3.63) is 54.1 Å². The maximum Gasteiger partial charge on any atom is 0.312 e. The van der Waals surface area contributed by atoms with Crippen molar-refractivity contribution in [3.8, 4) is 0 Å². The van der Waals surface area contributed by atoms with Gasteiger partial charge in [0.2, 0.25) is 5.91 Å². The number of halogens is 1. The van der Waals surface area contributed by atoms with Crippen molar-refractivity contribution < 1.29 is 29.0 Å². The van der Waals surface area contributed by atoms with Crippen molar-refractivity contribution in [1.82, 2.24) is 4.90 Å². The molecule has 212 valence electrons. The lowest BCUT2D eigenvalue weighted by atomic mass is 9.62. The zero-order valence-corrected chi connectivity index (χ0v) is 23.8. The lowest BCUT2D eigenvalue weighted by Gasteiger charge is -2.37. The highest BCUT2D eigenvalue weighted by atomic mass is 35.5. The van der Waals surface area contributed by atoms with Crippen molar-refractivity contribution in [2.75, 3.05) is 31.2 Å². The van der Waals surface area contributed by atoms with Gasteiger partial charge in [0.25, 0.3) is 5.91 Å². The van der Waals surface area contributed by atoms with Crippen molar-refractivity contribution in [2.24, 2.45) is 17.8 Å². The molecule has 9 heteroatoms. The number of amides is 2. The van der Waals surface area contributed by atoms with Crippen LogP contribution in [0.3, 0.4) is 0 Å². The van der Waals surface area contributed by atoms with Gasteiger partial charge in [0.05, 0.1) is 28.8 Å². The molecule has 3 aliphatic heterocycles. The number of unbranched alkanes of at least 4 members (excludes halogenated alkanes) is 1. The van der Waals surface area contributed by atoms with Crippen LogP contribution in [0, 0.1) is 24.7 Å². The van der Waals surface area contributed by atoms with Crippen molar-refractivity contribution >= 4 is 35.1 Å². The number of aliphatic hydroxyl groups is 1. The topological polar surface area (TPSA) is 96.4 Å². The van der Waals surface area contributed by atoms with E-state index >= 15 is 0 Å². The number of rotatable bonds is 12. The minimum absolute atomic E-state index is 0.102. The number of fused-ring (bicyclic) bond motifs is 1. The second-order valence-corrected chi connectivity index (χ2v) is 11.5. The summed E-state index contributed by atoms with van der Waals surface area (Å²) in [5, 5.41) is 10.0. The smallest absolute Gasteiger partial charge is 0.312 e. The Labute approximate surface area is 235 Å². The molecule has 2 amide bonds. The van der Waals surface area contributed by atoms with Crippen molar-refractivity contribution in [3.63, 3.8) is 0 Å². The number of hydrogen-bond acceptors (Lipinski definition) is 6. The number of hydrogen-bond donors (Lipinski definition) is 1. The van der Waals surface area contributed by atoms with E-state index in [-0.39, 0.29) is 50.5 Å². The van der Waals surface area contributed by atoms with Gasteiger partial charge in [-0.2, -0.15) is 0 Å². The molecule has 1 aromatic carbocycles. The number of aliphatic hydroxyl groups excluding tert-OH is 1. The summed E-state index contributed by atoms with van der Waals surface area (Å²) >= 11 is 6.59. The highest BCUT2D eigenvalue weighted by Crippen LogP contribution is 2.65. The molecule has 1 N–H and O–H groups in total. The molecule has 0 radical (unpaired) electrons. The molecular weight excluding hydrogens is 520 g/mol. The SMILES string of the molecule is C=CCCCOC(=O)[C@H]1[C@H]2C(=O)N(CCCO)C(C(=O)N(CC=C)c3c(C)cccc3Cl)C23CC(C)[C@]1(C)O3. The largest absolute Gasteiger partial charge is 0.465 e. The fourth-order valence-corrected chi connectivity index (χ4v) is 7.21. The molecule has 3 aliphatic rings. The van der Waals surface area contributed by atoms with Crippen LogP contribution in [-0.2, 0) is 23.9 Å². The van der Waals surface area contributed by atoms with Crippen molar-refractivity contribution in [2.45, 2.75) is 63.7 Å². The molecule has 3 saturated heterocycles. The maximum atomic E-state index is 14.6. The van der Waals surface area contributed by atoms with E-state index in [0.717, 1.165) is 5.56 Å². The quantitative estimate of drug-likeness (QED) is 0.236. The van der Waals surface area contributed by atoms with E-state index in [1.807, 2.05) is 32.9 Å². The van der Waals surface area contributed by atoms with Crippen LogP contribution < -0.4 is 4.90 Å². The molecule has 2 bridgehead atoms. The van der Waals surface area contributed by atoms with E-state index < -0.39 is 35.0 Å². The number of aryl methyl sites for hydroxylation is 1. The van der Waals surface area contributed by atoms with Crippen LogP contribution in [0.25, 0.3) is 0 Å². The maximum absolute atomic E-state index is 14.6. The van der Waals surface area contributed by atoms with Crippen LogP contribution in [0.1, 0.15) is 45.1 Å². The molecule has 3 heterocycles. The van der Waals surface area contributed by atoms with Gasteiger partial charge in [-0.25, -0.2) is 0 Å². The van der Waals surface area contributed by atoms with Gasteiger partial charge in [0.1, 0.15) is 17.6 Å². The molecule has 0 saturated carbocycles. The fourth-order valence-electron chi connectivity index (χ4n) is 6.88. The molecule has 3 unspecified atom stereocenters. The Hall–Kier alpha value is -2.68. The lowest BCUT2D eigenvalue weighted by molar-refractivity contribution is -0.161. The first kappa shape index (κ1) is 29.3. The third-order valence-corrected chi connectivity index (χ3v) is 9.00. The highest BCUT2D eigenvalue weighted by molar-refractivity contribution is 6.34. The molecule has 1 spiro atoms. The van der Waals surface area contributed by atoms with Gasteiger partial charge in [-0.05, 0) is 57.1 Å². The molecule has 1 aromatic rings. The van der Waals surface area contributed by atoms with Crippen LogP contribution in [-0.4, -0.2) is 71.3 Å². The lowest BCUT2D eigenvalue weighted by Crippen LogP contribution is -2.57. The first-order valence-corrected chi connectivity index (χ1v) is 14.0. The number of esters is 1. The number of carbonyl (C=O) groups excluding carboxylic acids is 3. The Bertz CT molecular complexity index is 1140. The number of benzene rings is 1. The van der Waals surface area contributed by atoms with Gasteiger partial charge < -0.3 is 24.4 Å². The number of ether oxygens (including phenoxy) is 2. The predicted octanol–water partition coefficient (Wildman–Crippen LogP) is 4.07. The van der Waals surface area contributed by atoms with E-state index in [0.29, 0.717) is 30.0 Å². The summed E-state index contributed by atoms with van der Waals surface area (Å²) in [5.41, 5.74) is -0.822. The van der Waals surface area contributed by atoms with Gasteiger partial charge in [0, 0.05) is 19.7 Å². The second kappa shape index (κ2) is 11.4. The molecule has 39 heavy (non-hydrogen) atoms. The number of para-hydroxylation sites is 1. The van der Waals surface area contributed by atoms with Gasteiger partial charge >= 0.3 is 5.97 Å². The van der Waals surface area contributed by atoms with E-state index in [9.17, 15) is 19.5 Å². The zero-order valence-electron chi connectivity index (χ0n) is 23.0. The third kappa shape index (κ3) is 4.70. The minimum atomic E-state index is -1.21. The van der Waals surface area contributed by atoms with E-state index in [1.165, 1.54) is 4.90 Å². The van der Waals surface area contributed by atoms with Gasteiger partial charge in [-0.15, -0.1) is 13.2 Å². The summed E-state index contributed by atoms with van der Waals surface area (Å²) in [6, 6.07) is 4.40. The first-order valence-electron chi connectivity index (χ1n) is 13.7. The number of likely N-dealkylation sites (tertiary alicyclic amines) is 1. The highest BCUT2D eigenvalue weighted by Gasteiger charge is 2.80.